The Labute approximate surface area is 146 Å². The minimum absolute atomic E-state index is 0.0978. The first-order valence-corrected chi connectivity index (χ1v) is 7.19. The predicted octanol–water partition coefficient (Wildman–Crippen LogP) is 2.59. The molecule has 10 nitrogen and oxygen atoms in total. The van der Waals surface area contributed by atoms with Crippen molar-refractivity contribution in [1.82, 2.24) is 24.7 Å². The van der Waals surface area contributed by atoms with Crippen molar-refractivity contribution >= 4 is 24.1 Å². The number of nitro groups is 1. The number of alkyl halides is 3. The summed E-state index contributed by atoms with van der Waals surface area (Å²) in [6, 6.07) is 3.00. The zero-order chi connectivity index (χ0) is 18.9. The highest BCUT2D eigenvalue weighted by molar-refractivity contribution is 7.71. The Morgan fingerprint density at radius 3 is 2.88 bits per heavy atom. The number of hydrogen-bond acceptors (Lipinski definition) is 7. The molecule has 0 amide bonds. The summed E-state index contributed by atoms with van der Waals surface area (Å²) in [4.78, 5) is 10.0. The van der Waals surface area contributed by atoms with Gasteiger partial charge >= 0.3 is 11.9 Å². The summed E-state index contributed by atoms with van der Waals surface area (Å²) in [5.74, 6) is -0.774. The fourth-order valence-corrected chi connectivity index (χ4v) is 2.12. The molecule has 0 bridgehead atoms. The van der Waals surface area contributed by atoms with E-state index in [1.807, 2.05) is 5.10 Å². The van der Waals surface area contributed by atoms with Crippen LogP contribution >= 0.6 is 12.2 Å². The van der Waals surface area contributed by atoms with Crippen LogP contribution in [0.1, 0.15) is 17.3 Å². The van der Waals surface area contributed by atoms with Crippen LogP contribution < -0.4 is 0 Å². The van der Waals surface area contributed by atoms with Crippen LogP contribution in [0, 0.1) is 14.9 Å². The van der Waals surface area contributed by atoms with Gasteiger partial charge in [-0.1, -0.05) is 0 Å². The van der Waals surface area contributed by atoms with Gasteiger partial charge in [-0.2, -0.15) is 28.0 Å². The van der Waals surface area contributed by atoms with Gasteiger partial charge in [0.1, 0.15) is 23.9 Å². The molecular formula is C12H8F3N7O3S. The Morgan fingerprint density at radius 2 is 2.23 bits per heavy atom. The average Bonchev–Trinajstić information content (AvgIpc) is 3.25. The molecule has 3 aromatic rings. The van der Waals surface area contributed by atoms with Gasteiger partial charge in [-0.3, -0.25) is 14.8 Å². The normalized spacial score (nSPS) is 12.1. The van der Waals surface area contributed by atoms with Gasteiger partial charge in [-0.25, -0.2) is 5.10 Å². The number of aromatic amines is 1. The second kappa shape index (κ2) is 6.55. The monoisotopic (exact) mass is 387 g/mol. The summed E-state index contributed by atoms with van der Waals surface area (Å²) >= 11 is 4.71. The molecule has 0 aliphatic heterocycles. The molecule has 0 aliphatic carbocycles. The lowest BCUT2D eigenvalue weighted by Crippen LogP contribution is -2.12. The largest absolute Gasteiger partial charge is 0.458 e. The molecule has 1 N–H and O–H groups in total. The summed E-state index contributed by atoms with van der Waals surface area (Å²) in [5, 5.41) is 23.1. The van der Waals surface area contributed by atoms with Crippen LogP contribution in [0.15, 0.2) is 34.0 Å². The van der Waals surface area contributed by atoms with Crippen molar-refractivity contribution in [1.29, 1.82) is 0 Å². The molecule has 14 heteroatoms. The summed E-state index contributed by atoms with van der Waals surface area (Å²) in [6.07, 6.45) is -1.38. The Morgan fingerprint density at radius 1 is 1.46 bits per heavy atom. The van der Waals surface area contributed by atoms with E-state index in [1.165, 1.54) is 23.0 Å². The molecule has 3 heterocycles. The lowest BCUT2D eigenvalue weighted by atomic mass is 10.4. The van der Waals surface area contributed by atoms with Crippen LogP contribution in [-0.4, -0.2) is 35.8 Å². The van der Waals surface area contributed by atoms with E-state index in [9.17, 15) is 23.3 Å². The second-order valence-electron chi connectivity index (χ2n) is 4.86. The smallest absolute Gasteiger partial charge is 0.453 e. The average molecular weight is 387 g/mol. The van der Waals surface area contributed by atoms with E-state index in [0.717, 1.165) is 12.4 Å². The third-order valence-electron chi connectivity index (χ3n) is 3.04. The van der Waals surface area contributed by atoms with Gasteiger partial charge < -0.3 is 4.42 Å². The van der Waals surface area contributed by atoms with Crippen molar-refractivity contribution in [2.75, 3.05) is 0 Å². The molecule has 0 spiro atoms. The highest BCUT2D eigenvalue weighted by Gasteiger charge is 2.37. The third-order valence-corrected chi connectivity index (χ3v) is 3.30. The van der Waals surface area contributed by atoms with E-state index in [4.69, 9.17) is 16.6 Å². The van der Waals surface area contributed by atoms with E-state index in [0.29, 0.717) is 10.4 Å². The molecule has 0 aromatic carbocycles. The van der Waals surface area contributed by atoms with Crippen LogP contribution in [0.4, 0.5) is 18.9 Å². The minimum Gasteiger partial charge on any atom is -0.458 e. The molecule has 3 aromatic heterocycles. The zero-order valence-electron chi connectivity index (χ0n) is 12.5. The lowest BCUT2D eigenvalue weighted by molar-refractivity contribution is -0.385. The van der Waals surface area contributed by atoms with Crippen molar-refractivity contribution in [3.05, 3.63) is 56.8 Å². The molecule has 0 radical (unpaired) electrons. The molecular weight excluding hydrogens is 379 g/mol. The zero-order valence-corrected chi connectivity index (χ0v) is 13.4. The van der Waals surface area contributed by atoms with E-state index >= 15 is 0 Å². The summed E-state index contributed by atoms with van der Waals surface area (Å²) in [5.41, 5.74) is -0.174. The SMILES string of the molecule is O=[N+]([O-])c1cnn(Cc2ccc(C=Nn3c(C(F)(F)F)n[nH]c3=S)o2)c1. The first-order chi connectivity index (χ1) is 12.2. The maximum absolute atomic E-state index is 12.8. The second-order valence-corrected chi connectivity index (χ2v) is 5.25. The Hall–Kier alpha value is -3.29. The van der Waals surface area contributed by atoms with Crippen LogP contribution in [0.5, 0.6) is 0 Å². The van der Waals surface area contributed by atoms with Gasteiger partial charge in [0.25, 0.3) is 5.82 Å². The van der Waals surface area contributed by atoms with Gasteiger partial charge in [-0.05, 0) is 24.4 Å². The Balaban J connectivity index is 1.76. The van der Waals surface area contributed by atoms with Crippen LogP contribution in [0.3, 0.4) is 0 Å². The maximum atomic E-state index is 12.8. The molecule has 26 heavy (non-hydrogen) atoms. The molecule has 0 fully saturated rings. The van der Waals surface area contributed by atoms with Crippen molar-refractivity contribution < 1.29 is 22.5 Å². The number of nitrogens with zero attached hydrogens (tertiary/aromatic N) is 6. The Kier molecular flexibility index (Phi) is 4.41. The molecule has 0 unspecified atom stereocenters. The Bertz CT molecular complexity index is 1030. The van der Waals surface area contributed by atoms with E-state index < -0.39 is 16.9 Å². The summed E-state index contributed by atoms with van der Waals surface area (Å²) in [6.45, 7) is 0.0978. The van der Waals surface area contributed by atoms with Crippen molar-refractivity contribution in [2.24, 2.45) is 5.10 Å². The highest BCUT2D eigenvalue weighted by atomic mass is 32.1. The summed E-state index contributed by atoms with van der Waals surface area (Å²) in [7, 11) is 0. The molecule has 0 saturated carbocycles. The maximum Gasteiger partial charge on any atom is 0.453 e. The van der Waals surface area contributed by atoms with Crippen molar-refractivity contribution in [3.8, 4) is 0 Å². The fraction of sp³-hybridized carbons (Fsp3) is 0.167. The van der Waals surface area contributed by atoms with Crippen molar-refractivity contribution in [2.45, 2.75) is 12.7 Å². The molecule has 0 saturated heterocycles. The fourth-order valence-electron chi connectivity index (χ4n) is 1.94. The van der Waals surface area contributed by atoms with Crippen LogP contribution in [0.25, 0.3) is 0 Å². The number of furan rings is 1. The van der Waals surface area contributed by atoms with Gasteiger partial charge in [0.05, 0.1) is 17.7 Å². The number of rotatable bonds is 5. The van der Waals surface area contributed by atoms with Crippen LogP contribution in [-0.2, 0) is 12.7 Å². The quantitative estimate of drug-likeness (QED) is 0.311. The van der Waals surface area contributed by atoms with Gasteiger partial charge in [0.2, 0.25) is 4.77 Å². The van der Waals surface area contributed by atoms with E-state index in [1.54, 1.807) is 0 Å². The molecule has 0 atom stereocenters. The van der Waals surface area contributed by atoms with Gasteiger partial charge in [-0.15, -0.1) is 5.10 Å². The van der Waals surface area contributed by atoms with Crippen molar-refractivity contribution in [3.63, 3.8) is 0 Å². The molecule has 3 rings (SSSR count). The van der Waals surface area contributed by atoms with Crippen LogP contribution in [0.2, 0.25) is 0 Å². The minimum atomic E-state index is -4.73. The standard InChI is InChI=1S/C12H8F3N7O3S/c13-12(14,15)10-18-19-11(26)21(10)17-4-8-1-2-9(25-8)6-20-5-7(3-16-20)22(23)24/h1-5H,6H2,(H,19,26). The first kappa shape index (κ1) is 17.5. The molecule has 0 aliphatic rings. The number of aromatic nitrogens is 5. The van der Waals surface area contributed by atoms with Gasteiger partial charge in [0, 0.05) is 0 Å². The number of halogens is 3. The topological polar surface area (TPSA) is 120 Å². The third kappa shape index (κ3) is 3.69. The number of hydrogen-bond donors (Lipinski definition) is 1. The van der Waals surface area contributed by atoms with E-state index in [-0.39, 0.29) is 22.8 Å². The summed E-state index contributed by atoms with van der Waals surface area (Å²) < 4.78 is 45.1. The molecule has 136 valence electrons. The lowest BCUT2D eigenvalue weighted by Gasteiger charge is -2.03. The highest BCUT2D eigenvalue weighted by Crippen LogP contribution is 2.27. The first-order valence-electron chi connectivity index (χ1n) is 6.78. The number of H-pyrrole nitrogens is 1. The predicted molar refractivity (Wildman–Crippen MR) is 82.1 cm³/mol. The number of nitrogens with one attached hydrogen (secondary N) is 1. The van der Waals surface area contributed by atoms with E-state index in [2.05, 4.69) is 15.3 Å². The van der Waals surface area contributed by atoms with Gasteiger partial charge in [0.15, 0.2) is 0 Å².